The van der Waals surface area contributed by atoms with Gasteiger partial charge < -0.3 is 10.1 Å². The summed E-state index contributed by atoms with van der Waals surface area (Å²) in [4.78, 5) is 46.6. The molecule has 2 aromatic rings. The van der Waals surface area contributed by atoms with E-state index in [0.29, 0.717) is 5.56 Å². The quantitative estimate of drug-likeness (QED) is 0.475. The van der Waals surface area contributed by atoms with Crippen LogP contribution in [-0.4, -0.2) is 36.3 Å². The molecule has 0 aliphatic heterocycles. The smallest absolute Gasteiger partial charge is 0.311 e. The summed E-state index contributed by atoms with van der Waals surface area (Å²) in [6.45, 7) is 5.73. The van der Waals surface area contributed by atoms with E-state index in [2.05, 4.69) is 36.9 Å². The highest BCUT2D eigenvalue weighted by atomic mass is 16.6. The Balaban J connectivity index is 1.88. The van der Waals surface area contributed by atoms with Crippen LogP contribution >= 0.6 is 0 Å². The number of nitrogens with one attached hydrogen (secondary N) is 3. The topological polar surface area (TPSA) is 140 Å². The number of hydrogen-bond acceptors (Lipinski definition) is 6. The molecule has 0 radical (unpaired) electrons. The molecule has 0 aromatic heterocycles. The monoisotopic (exact) mass is 428 g/mol. The molecule has 0 saturated carbocycles. The van der Waals surface area contributed by atoms with Crippen molar-refractivity contribution in [2.24, 2.45) is 0 Å². The lowest BCUT2D eigenvalue weighted by Gasteiger charge is -2.19. The second-order valence-corrected chi connectivity index (χ2v) is 7.66. The van der Waals surface area contributed by atoms with Gasteiger partial charge >= 0.3 is 5.69 Å². The number of hydrogen-bond donors (Lipinski definition) is 3. The van der Waals surface area contributed by atoms with Gasteiger partial charge in [-0.25, -0.2) is 0 Å². The molecule has 0 unspecified atom stereocenters. The van der Waals surface area contributed by atoms with Crippen molar-refractivity contribution in [2.45, 2.75) is 26.2 Å². The van der Waals surface area contributed by atoms with E-state index in [1.54, 1.807) is 12.1 Å². The number of nitro benzene ring substituents is 1. The Morgan fingerprint density at radius 1 is 0.968 bits per heavy atom. The van der Waals surface area contributed by atoms with Crippen LogP contribution in [0.5, 0.6) is 5.75 Å². The number of amides is 3. The Labute approximate surface area is 179 Å². The molecule has 0 spiro atoms. The van der Waals surface area contributed by atoms with E-state index < -0.39 is 29.2 Å². The van der Waals surface area contributed by atoms with Crippen LogP contribution in [0.4, 0.5) is 5.69 Å². The molecule has 2 aromatic carbocycles. The van der Waals surface area contributed by atoms with E-state index in [9.17, 15) is 24.5 Å². The van der Waals surface area contributed by atoms with Crippen LogP contribution in [0.15, 0.2) is 42.5 Å². The van der Waals surface area contributed by atoms with Crippen LogP contribution in [0.25, 0.3) is 0 Å². The maximum Gasteiger partial charge on any atom is 0.311 e. The number of carbonyl (C=O) groups excluding carboxylic acids is 3. The van der Waals surface area contributed by atoms with Gasteiger partial charge in [0.05, 0.1) is 18.6 Å². The number of benzene rings is 2. The summed E-state index contributed by atoms with van der Waals surface area (Å²) in [7, 11) is 1.28. The fourth-order valence-corrected chi connectivity index (χ4v) is 2.60. The lowest BCUT2D eigenvalue weighted by atomic mass is 9.87. The molecular weight excluding hydrogens is 404 g/mol. The van der Waals surface area contributed by atoms with Gasteiger partial charge in [0.25, 0.3) is 17.7 Å². The number of nitrogens with zero attached hydrogens (tertiary/aromatic N) is 1. The molecule has 0 aliphatic carbocycles. The van der Waals surface area contributed by atoms with Crippen LogP contribution in [0.1, 0.15) is 47.1 Å². The first-order valence-corrected chi connectivity index (χ1v) is 9.33. The first-order valence-electron chi connectivity index (χ1n) is 9.33. The zero-order valence-electron chi connectivity index (χ0n) is 17.6. The van der Waals surface area contributed by atoms with Gasteiger partial charge in [0.1, 0.15) is 0 Å². The van der Waals surface area contributed by atoms with Crippen LogP contribution in [0.3, 0.4) is 0 Å². The van der Waals surface area contributed by atoms with Crippen molar-refractivity contribution in [2.75, 3.05) is 13.7 Å². The van der Waals surface area contributed by atoms with E-state index >= 15 is 0 Å². The Bertz CT molecular complexity index is 996. The fraction of sp³-hybridized carbons (Fsp3) is 0.286. The summed E-state index contributed by atoms with van der Waals surface area (Å²) in [5.41, 5.74) is 5.46. The van der Waals surface area contributed by atoms with Gasteiger partial charge in [-0.1, -0.05) is 32.9 Å². The summed E-state index contributed by atoms with van der Waals surface area (Å²) in [6, 6.07) is 10.7. The van der Waals surface area contributed by atoms with E-state index in [1.807, 2.05) is 12.1 Å². The molecule has 10 heteroatoms. The average molecular weight is 428 g/mol. The predicted octanol–water partition coefficient (Wildman–Crippen LogP) is 2.09. The van der Waals surface area contributed by atoms with Gasteiger partial charge in [-0.15, -0.1) is 0 Å². The first-order chi connectivity index (χ1) is 14.5. The first kappa shape index (κ1) is 23.3. The fourth-order valence-electron chi connectivity index (χ4n) is 2.60. The number of rotatable bonds is 6. The van der Waals surface area contributed by atoms with Gasteiger partial charge in [-0.2, -0.15) is 0 Å². The van der Waals surface area contributed by atoms with Crippen molar-refractivity contribution in [1.29, 1.82) is 0 Å². The number of carbonyl (C=O) groups is 3. The molecule has 3 N–H and O–H groups in total. The molecule has 0 aliphatic rings. The molecule has 3 amide bonds. The standard InChI is InChI=1S/C21H24N4O6/c1-21(2,3)15-8-5-13(6-9-15)20(28)24-23-18(26)12-22-19(27)14-7-10-17(31-4)16(11-14)25(29)30/h5-11H,12H2,1-4H3,(H,22,27)(H,23,26)(H,24,28). The van der Waals surface area contributed by atoms with Gasteiger partial charge in [0.15, 0.2) is 5.75 Å². The Morgan fingerprint density at radius 3 is 2.13 bits per heavy atom. The summed E-state index contributed by atoms with van der Waals surface area (Å²) in [5.74, 6) is -1.86. The summed E-state index contributed by atoms with van der Waals surface area (Å²) >= 11 is 0. The zero-order valence-corrected chi connectivity index (χ0v) is 17.6. The third-order valence-corrected chi connectivity index (χ3v) is 4.38. The van der Waals surface area contributed by atoms with Gasteiger partial charge in [-0.05, 0) is 35.2 Å². The zero-order chi connectivity index (χ0) is 23.2. The molecule has 0 atom stereocenters. The Hall–Kier alpha value is -3.95. The average Bonchev–Trinajstić information content (AvgIpc) is 2.74. The largest absolute Gasteiger partial charge is 0.490 e. The molecule has 10 nitrogen and oxygen atoms in total. The molecule has 31 heavy (non-hydrogen) atoms. The summed E-state index contributed by atoms with van der Waals surface area (Å²) < 4.78 is 4.88. The van der Waals surface area contributed by atoms with Crippen LogP contribution in [0.2, 0.25) is 0 Å². The van der Waals surface area contributed by atoms with Crippen molar-refractivity contribution in [1.82, 2.24) is 16.2 Å². The van der Waals surface area contributed by atoms with Crippen LogP contribution in [0, 0.1) is 10.1 Å². The highest BCUT2D eigenvalue weighted by molar-refractivity contribution is 5.98. The Kier molecular flexibility index (Phi) is 7.30. The number of ether oxygens (including phenoxy) is 1. The molecule has 164 valence electrons. The molecule has 2 rings (SSSR count). The van der Waals surface area contributed by atoms with Crippen LogP contribution < -0.4 is 20.9 Å². The minimum atomic E-state index is -0.690. The molecule has 0 heterocycles. The Morgan fingerprint density at radius 2 is 1.58 bits per heavy atom. The van der Waals surface area contributed by atoms with Gasteiger partial charge in [0.2, 0.25) is 0 Å². The van der Waals surface area contributed by atoms with Crippen molar-refractivity contribution in [3.8, 4) is 5.75 Å². The number of nitro groups is 1. The van der Waals surface area contributed by atoms with Crippen LogP contribution in [-0.2, 0) is 10.2 Å². The van der Waals surface area contributed by atoms with Gasteiger partial charge in [0, 0.05) is 17.2 Å². The second kappa shape index (κ2) is 9.70. The normalized spacial score (nSPS) is 10.7. The highest BCUT2D eigenvalue weighted by Gasteiger charge is 2.19. The third-order valence-electron chi connectivity index (χ3n) is 4.38. The second-order valence-electron chi connectivity index (χ2n) is 7.66. The maximum absolute atomic E-state index is 12.2. The van der Waals surface area contributed by atoms with Crippen molar-refractivity contribution >= 4 is 23.4 Å². The van der Waals surface area contributed by atoms with E-state index in [0.717, 1.165) is 11.6 Å². The van der Waals surface area contributed by atoms with Gasteiger partial charge in [-0.3, -0.25) is 35.3 Å². The minimum Gasteiger partial charge on any atom is -0.490 e. The lowest BCUT2D eigenvalue weighted by molar-refractivity contribution is -0.385. The molecular formula is C21H24N4O6. The number of methoxy groups -OCH3 is 1. The summed E-state index contributed by atoms with van der Waals surface area (Å²) in [6.07, 6.45) is 0. The molecule has 0 bridgehead atoms. The molecule has 0 saturated heterocycles. The minimum absolute atomic E-state index is 0.0109. The lowest BCUT2D eigenvalue weighted by Crippen LogP contribution is -2.46. The van der Waals surface area contributed by atoms with Crippen molar-refractivity contribution in [3.05, 3.63) is 69.3 Å². The van der Waals surface area contributed by atoms with Crippen molar-refractivity contribution in [3.63, 3.8) is 0 Å². The SMILES string of the molecule is COc1ccc(C(=O)NCC(=O)NNC(=O)c2ccc(C(C)(C)C)cc2)cc1[N+](=O)[O-]. The van der Waals surface area contributed by atoms with E-state index in [-0.39, 0.29) is 22.4 Å². The third kappa shape index (κ3) is 6.26. The summed E-state index contributed by atoms with van der Waals surface area (Å²) in [5, 5.41) is 13.4. The predicted molar refractivity (Wildman–Crippen MR) is 113 cm³/mol. The maximum atomic E-state index is 12.2. The van der Waals surface area contributed by atoms with Crippen molar-refractivity contribution < 1.29 is 24.0 Å². The van der Waals surface area contributed by atoms with E-state index in [1.165, 1.54) is 19.2 Å². The highest BCUT2D eigenvalue weighted by Crippen LogP contribution is 2.27. The van der Waals surface area contributed by atoms with E-state index in [4.69, 9.17) is 4.74 Å². The number of hydrazine groups is 1. The molecule has 0 fully saturated rings.